The number of rotatable bonds is 4. The van der Waals surface area contributed by atoms with E-state index in [1.807, 2.05) is 4.90 Å². The van der Waals surface area contributed by atoms with Crippen molar-refractivity contribution in [3.05, 3.63) is 42.1 Å². The van der Waals surface area contributed by atoms with E-state index in [0.717, 1.165) is 25.9 Å². The van der Waals surface area contributed by atoms with Crippen molar-refractivity contribution in [3.8, 4) is 0 Å². The lowest BCUT2D eigenvalue weighted by Gasteiger charge is -2.28. The summed E-state index contributed by atoms with van der Waals surface area (Å²) in [6.45, 7) is 2.01. The molecule has 2 aromatic heterocycles. The topological polar surface area (TPSA) is 96.6 Å². The number of carbonyl (C=O) groups excluding carboxylic acids is 3. The molecule has 0 radical (unpaired) electrons. The highest BCUT2D eigenvalue weighted by Crippen LogP contribution is 2.26. The Labute approximate surface area is 162 Å². The molecule has 2 aromatic rings. The fourth-order valence-electron chi connectivity index (χ4n) is 3.85. The molecule has 8 heteroatoms. The first-order chi connectivity index (χ1) is 13.6. The number of hydrogen-bond donors (Lipinski definition) is 2. The molecule has 148 valence electrons. The Morgan fingerprint density at radius 3 is 2.71 bits per heavy atom. The molecule has 0 saturated carbocycles. The second kappa shape index (κ2) is 7.92. The van der Waals surface area contributed by atoms with Gasteiger partial charge in [0.15, 0.2) is 0 Å². The molecule has 0 aliphatic carbocycles. The van der Waals surface area contributed by atoms with Crippen LogP contribution in [0.3, 0.4) is 0 Å². The van der Waals surface area contributed by atoms with Crippen LogP contribution in [0.4, 0.5) is 5.69 Å². The van der Waals surface area contributed by atoms with Crippen LogP contribution in [0.15, 0.2) is 35.3 Å². The van der Waals surface area contributed by atoms with Gasteiger partial charge < -0.3 is 24.5 Å². The van der Waals surface area contributed by atoms with Gasteiger partial charge in [0.05, 0.1) is 23.6 Å². The Balaban J connectivity index is 1.48. The van der Waals surface area contributed by atoms with Gasteiger partial charge in [-0.2, -0.15) is 0 Å². The van der Waals surface area contributed by atoms with Crippen LogP contribution in [-0.2, 0) is 4.79 Å². The quantitative estimate of drug-likeness (QED) is 0.846. The van der Waals surface area contributed by atoms with E-state index in [9.17, 15) is 14.4 Å². The third-order valence-electron chi connectivity index (χ3n) is 5.38. The third-order valence-corrected chi connectivity index (χ3v) is 5.38. The minimum atomic E-state index is -0.311. The average molecular weight is 384 g/mol. The van der Waals surface area contributed by atoms with Gasteiger partial charge >= 0.3 is 0 Å². The summed E-state index contributed by atoms with van der Waals surface area (Å²) < 4.78 is 6.73. The van der Waals surface area contributed by atoms with Crippen LogP contribution < -0.4 is 10.6 Å². The molecule has 1 atom stereocenters. The van der Waals surface area contributed by atoms with Crippen molar-refractivity contribution >= 4 is 23.4 Å². The fraction of sp³-hybridized carbons (Fsp3) is 0.450. The number of carbonyl (C=O) groups is 3. The minimum absolute atomic E-state index is 0.117. The van der Waals surface area contributed by atoms with Crippen molar-refractivity contribution in [1.29, 1.82) is 0 Å². The van der Waals surface area contributed by atoms with Crippen LogP contribution in [-0.4, -0.2) is 46.8 Å². The molecule has 28 heavy (non-hydrogen) atoms. The maximum absolute atomic E-state index is 12.8. The highest BCUT2D eigenvalue weighted by atomic mass is 16.3. The van der Waals surface area contributed by atoms with Gasteiger partial charge in [0, 0.05) is 32.3 Å². The van der Waals surface area contributed by atoms with Gasteiger partial charge in [-0.05, 0) is 25.0 Å². The zero-order valence-corrected chi connectivity index (χ0v) is 15.6. The van der Waals surface area contributed by atoms with Crippen molar-refractivity contribution in [2.24, 2.45) is 0 Å². The molecular formula is C20H24N4O4. The van der Waals surface area contributed by atoms with E-state index in [-0.39, 0.29) is 23.8 Å². The molecule has 4 heterocycles. The van der Waals surface area contributed by atoms with E-state index >= 15 is 0 Å². The molecule has 1 unspecified atom stereocenters. The van der Waals surface area contributed by atoms with E-state index in [4.69, 9.17) is 4.42 Å². The fourth-order valence-corrected chi connectivity index (χ4v) is 3.85. The number of aromatic nitrogens is 1. The number of furan rings is 1. The Morgan fingerprint density at radius 2 is 2.00 bits per heavy atom. The number of anilines is 1. The van der Waals surface area contributed by atoms with E-state index < -0.39 is 0 Å². The molecule has 0 spiro atoms. The second-order valence-corrected chi connectivity index (χ2v) is 7.35. The first-order valence-corrected chi connectivity index (χ1v) is 9.73. The van der Waals surface area contributed by atoms with E-state index in [0.29, 0.717) is 29.9 Å². The maximum atomic E-state index is 12.8. The summed E-state index contributed by atoms with van der Waals surface area (Å²) in [4.78, 5) is 39.2. The molecule has 8 nitrogen and oxygen atoms in total. The lowest BCUT2D eigenvalue weighted by molar-refractivity contribution is -0.132. The number of likely N-dealkylation sites (tertiary alicyclic amines) is 1. The summed E-state index contributed by atoms with van der Waals surface area (Å²) in [5.41, 5.74) is 1.37. The van der Waals surface area contributed by atoms with Gasteiger partial charge in [-0.3, -0.25) is 14.4 Å². The zero-order valence-electron chi connectivity index (χ0n) is 15.6. The summed E-state index contributed by atoms with van der Waals surface area (Å²) in [5.74, 6) is -0.400. The molecule has 2 aliphatic heterocycles. The Kier molecular flexibility index (Phi) is 5.18. The summed E-state index contributed by atoms with van der Waals surface area (Å²) in [5, 5.41) is 5.62. The minimum Gasteiger partial charge on any atom is -0.472 e. The highest BCUT2D eigenvalue weighted by molar-refractivity contribution is 6.05. The van der Waals surface area contributed by atoms with Crippen molar-refractivity contribution in [2.75, 3.05) is 25.0 Å². The van der Waals surface area contributed by atoms with Crippen LogP contribution in [0, 0.1) is 0 Å². The summed E-state index contributed by atoms with van der Waals surface area (Å²) in [6.07, 6.45) is 9.29. The van der Waals surface area contributed by atoms with Crippen LogP contribution in [0.5, 0.6) is 0 Å². The van der Waals surface area contributed by atoms with Gasteiger partial charge in [-0.15, -0.1) is 0 Å². The van der Waals surface area contributed by atoms with Crippen molar-refractivity contribution in [3.63, 3.8) is 0 Å². The molecule has 4 rings (SSSR count). The Morgan fingerprint density at radius 1 is 1.21 bits per heavy atom. The number of nitrogens with one attached hydrogen (secondary N) is 2. The molecule has 1 fully saturated rings. The molecule has 3 amide bonds. The SMILES string of the molecule is O=C(Nc1cc2n(c1)C(CC(=O)N1CCCCCC1)CNC2=O)c1ccoc1. The van der Waals surface area contributed by atoms with E-state index in [1.54, 1.807) is 22.9 Å². The number of fused-ring (bicyclic) bond motifs is 1. The van der Waals surface area contributed by atoms with E-state index in [2.05, 4.69) is 10.6 Å². The predicted molar refractivity (Wildman–Crippen MR) is 102 cm³/mol. The predicted octanol–water partition coefficient (Wildman–Crippen LogP) is 2.41. The zero-order chi connectivity index (χ0) is 19.5. The second-order valence-electron chi connectivity index (χ2n) is 7.35. The monoisotopic (exact) mass is 384 g/mol. The average Bonchev–Trinajstić information content (AvgIpc) is 3.28. The van der Waals surface area contributed by atoms with Crippen molar-refractivity contribution in [1.82, 2.24) is 14.8 Å². The molecule has 2 aliphatic rings. The van der Waals surface area contributed by atoms with Crippen LogP contribution in [0.1, 0.15) is 59.0 Å². The number of nitrogens with zero attached hydrogens (tertiary/aromatic N) is 2. The van der Waals surface area contributed by atoms with Gasteiger partial charge in [-0.1, -0.05) is 12.8 Å². The van der Waals surface area contributed by atoms with Gasteiger partial charge in [0.1, 0.15) is 12.0 Å². The first kappa shape index (κ1) is 18.3. The molecule has 0 aromatic carbocycles. The molecule has 0 bridgehead atoms. The third kappa shape index (κ3) is 3.81. The van der Waals surface area contributed by atoms with Crippen molar-refractivity contribution < 1.29 is 18.8 Å². The lowest BCUT2D eigenvalue weighted by Crippen LogP contribution is -2.41. The van der Waals surface area contributed by atoms with Crippen LogP contribution in [0.2, 0.25) is 0 Å². The van der Waals surface area contributed by atoms with Gasteiger partial charge in [-0.25, -0.2) is 0 Å². The summed E-state index contributed by atoms with van der Waals surface area (Å²) >= 11 is 0. The lowest BCUT2D eigenvalue weighted by atomic mass is 10.1. The standard InChI is InChI=1S/C20H24N4O4/c25-18(23-6-3-1-2-4-7-23)10-16-11-21-20(27)17-9-15(12-24(16)17)22-19(26)14-5-8-28-13-14/h5,8-9,12-13,16H,1-4,6-7,10-11H2,(H,21,27)(H,22,26). The number of hydrogen-bond acceptors (Lipinski definition) is 4. The Bertz CT molecular complexity index is 863. The molecule has 2 N–H and O–H groups in total. The normalized spacial score (nSPS) is 19.5. The molecule has 1 saturated heterocycles. The van der Waals surface area contributed by atoms with Crippen molar-refractivity contribution in [2.45, 2.75) is 38.1 Å². The maximum Gasteiger partial charge on any atom is 0.268 e. The Hall–Kier alpha value is -3.03. The summed E-state index contributed by atoms with van der Waals surface area (Å²) in [6, 6.07) is 3.04. The number of amides is 3. The van der Waals surface area contributed by atoms with E-state index in [1.165, 1.54) is 25.4 Å². The summed E-state index contributed by atoms with van der Waals surface area (Å²) in [7, 11) is 0. The van der Waals surface area contributed by atoms with Crippen LogP contribution >= 0.6 is 0 Å². The van der Waals surface area contributed by atoms with Gasteiger partial charge in [0.25, 0.3) is 11.8 Å². The first-order valence-electron chi connectivity index (χ1n) is 9.73. The largest absolute Gasteiger partial charge is 0.472 e. The smallest absolute Gasteiger partial charge is 0.268 e. The highest BCUT2D eigenvalue weighted by Gasteiger charge is 2.29. The van der Waals surface area contributed by atoms with Crippen LogP contribution in [0.25, 0.3) is 0 Å². The molecular weight excluding hydrogens is 360 g/mol. The van der Waals surface area contributed by atoms with Gasteiger partial charge in [0.2, 0.25) is 5.91 Å².